The van der Waals surface area contributed by atoms with Crippen molar-refractivity contribution in [2.45, 2.75) is 81.8 Å². The third-order valence-electron chi connectivity index (χ3n) is 12.8. The van der Waals surface area contributed by atoms with Gasteiger partial charge < -0.3 is 25.9 Å². The average Bonchev–Trinajstić information content (AvgIpc) is 4.07. The standard InChI is InChI=1S/C29H24FN5O2.C16H14ClN3O/c30-26-21(10-18(15-32-26)27(36)33-13-16-4-2-1-3-5-16)22-11-20-17(14-31-22)6-7-19-24-23(34-25(19)20)12-29(8-9-29)35-28(24)37;17-12-5-10-8(7-18-12)1-2-9-13-11(19-14(9)10)6-16(3-4-16)20-15(13)21/h1-5,10-11,14-15,34H,6-9,12-13H2,(H,33,36)(H,35,37);5,7,19H,1-4,6H2,(H,20,21). The predicted molar refractivity (Wildman–Crippen MR) is 215 cm³/mol. The van der Waals surface area contributed by atoms with Gasteiger partial charge >= 0.3 is 0 Å². The highest BCUT2D eigenvalue weighted by Gasteiger charge is 2.50. The van der Waals surface area contributed by atoms with E-state index in [0.29, 0.717) is 17.4 Å². The van der Waals surface area contributed by atoms with Crippen LogP contribution in [0.2, 0.25) is 5.15 Å². The van der Waals surface area contributed by atoms with Crippen molar-refractivity contribution in [3.63, 3.8) is 0 Å². The molecule has 1 aromatic carbocycles. The molecule has 2 saturated carbocycles. The zero-order valence-corrected chi connectivity index (χ0v) is 32.2. The monoisotopic (exact) mass is 792 g/mol. The molecule has 0 saturated heterocycles. The number of aryl methyl sites for hydroxylation is 2. The van der Waals surface area contributed by atoms with Gasteiger partial charge in [-0.1, -0.05) is 41.9 Å². The fourth-order valence-corrected chi connectivity index (χ4v) is 9.50. The lowest BCUT2D eigenvalue weighted by molar-refractivity contribution is 0.0908. The SMILES string of the molecule is O=C(NCc1ccccc1)c1cnc(F)c(-c2cc3c(cn2)CCc2c-3[nH]c3c2C(=O)NC2(CC2)C3)c1.O=C1NC2(CC2)Cc2[nH]c3c(c21)CCc1cnc(Cl)cc1-3. The van der Waals surface area contributed by atoms with Crippen molar-refractivity contribution in [1.82, 2.24) is 40.9 Å². The quantitative estimate of drug-likeness (QED) is 0.124. The molecule has 0 radical (unpaired) electrons. The second kappa shape index (κ2) is 12.9. The summed E-state index contributed by atoms with van der Waals surface area (Å²) in [6.45, 7) is 0.360. The van der Waals surface area contributed by atoms with E-state index in [9.17, 15) is 18.8 Å². The molecular formula is C45H38ClFN8O3. The number of aromatic amines is 2. The molecule has 6 aliphatic rings. The van der Waals surface area contributed by atoms with Crippen LogP contribution < -0.4 is 16.0 Å². The number of hydrogen-bond acceptors (Lipinski definition) is 6. The van der Waals surface area contributed by atoms with E-state index in [1.807, 2.05) is 48.7 Å². The van der Waals surface area contributed by atoms with Crippen LogP contribution in [-0.2, 0) is 45.1 Å². The topological polar surface area (TPSA) is 158 Å². The van der Waals surface area contributed by atoms with Gasteiger partial charge in [0.25, 0.3) is 17.7 Å². The highest BCUT2D eigenvalue weighted by molar-refractivity contribution is 6.29. The van der Waals surface area contributed by atoms with E-state index in [0.717, 1.165) is 131 Å². The maximum atomic E-state index is 14.9. The molecule has 0 atom stereocenters. The average molecular weight is 793 g/mol. The number of halogens is 2. The lowest BCUT2D eigenvalue weighted by Crippen LogP contribution is -2.43. The van der Waals surface area contributed by atoms with Crippen LogP contribution in [-0.4, -0.2) is 53.7 Å². The normalized spacial score (nSPS) is 17.9. The largest absolute Gasteiger partial charge is 0.357 e. The number of pyridine rings is 3. The van der Waals surface area contributed by atoms with Gasteiger partial charge in [0.15, 0.2) is 0 Å². The Bertz CT molecular complexity index is 2750. The molecule has 12 rings (SSSR count). The molecule has 58 heavy (non-hydrogen) atoms. The van der Waals surface area contributed by atoms with Crippen molar-refractivity contribution in [2.24, 2.45) is 0 Å². The minimum Gasteiger partial charge on any atom is -0.357 e. The second-order valence-electron chi connectivity index (χ2n) is 16.6. The molecule has 11 nitrogen and oxygen atoms in total. The van der Waals surface area contributed by atoms with Crippen molar-refractivity contribution in [3.05, 3.63) is 134 Å². The summed E-state index contributed by atoms with van der Waals surface area (Å²) >= 11 is 6.05. The number of hydrogen-bond donors (Lipinski definition) is 5. The highest BCUT2D eigenvalue weighted by atomic mass is 35.5. The van der Waals surface area contributed by atoms with Crippen LogP contribution in [0.25, 0.3) is 33.8 Å². The summed E-state index contributed by atoms with van der Waals surface area (Å²) in [6.07, 6.45) is 14.1. The molecule has 2 aliphatic heterocycles. The Hall–Kier alpha value is -6.14. The number of fused-ring (bicyclic) bond motifs is 10. The molecule has 13 heteroatoms. The first kappa shape index (κ1) is 35.1. The van der Waals surface area contributed by atoms with E-state index in [1.165, 1.54) is 17.8 Å². The molecular weight excluding hydrogens is 755 g/mol. The summed E-state index contributed by atoms with van der Waals surface area (Å²) in [6, 6.07) is 14.8. The van der Waals surface area contributed by atoms with Crippen LogP contribution in [0.1, 0.15) is 96.0 Å². The van der Waals surface area contributed by atoms with Gasteiger partial charge in [0.1, 0.15) is 5.15 Å². The summed E-state index contributed by atoms with van der Waals surface area (Å²) in [5.41, 5.74) is 13.9. The second-order valence-corrected chi connectivity index (χ2v) is 17.0. The Morgan fingerprint density at radius 3 is 1.91 bits per heavy atom. The van der Waals surface area contributed by atoms with Gasteiger partial charge in [0.2, 0.25) is 5.95 Å². The van der Waals surface area contributed by atoms with Gasteiger partial charge in [-0.15, -0.1) is 0 Å². The van der Waals surface area contributed by atoms with E-state index in [4.69, 9.17) is 11.6 Å². The Morgan fingerprint density at radius 2 is 1.31 bits per heavy atom. The lowest BCUT2D eigenvalue weighted by atomic mass is 9.87. The van der Waals surface area contributed by atoms with Crippen molar-refractivity contribution >= 4 is 29.3 Å². The number of H-pyrrole nitrogens is 2. The molecule has 2 fully saturated rings. The fourth-order valence-electron chi connectivity index (χ4n) is 9.35. The zero-order chi connectivity index (χ0) is 39.3. The maximum Gasteiger partial charge on any atom is 0.253 e. The Kier molecular flexibility index (Phi) is 7.82. The number of carbonyl (C=O) groups excluding carboxylic acids is 3. The van der Waals surface area contributed by atoms with Crippen LogP contribution in [0.3, 0.4) is 0 Å². The Morgan fingerprint density at radius 1 is 0.724 bits per heavy atom. The molecule has 290 valence electrons. The predicted octanol–water partition coefficient (Wildman–Crippen LogP) is 6.77. The molecule has 0 unspecified atom stereocenters. The number of aromatic nitrogens is 5. The third-order valence-corrected chi connectivity index (χ3v) is 13.0. The first-order valence-electron chi connectivity index (χ1n) is 19.9. The van der Waals surface area contributed by atoms with Crippen molar-refractivity contribution in [1.29, 1.82) is 0 Å². The smallest absolute Gasteiger partial charge is 0.253 e. The van der Waals surface area contributed by atoms with Crippen LogP contribution in [0.4, 0.5) is 4.39 Å². The number of carbonyl (C=O) groups is 3. The first-order valence-corrected chi connectivity index (χ1v) is 20.3. The van der Waals surface area contributed by atoms with Gasteiger partial charge in [-0.25, -0.2) is 9.97 Å². The molecule has 4 aliphatic carbocycles. The third kappa shape index (κ3) is 5.91. The van der Waals surface area contributed by atoms with E-state index < -0.39 is 5.95 Å². The van der Waals surface area contributed by atoms with E-state index in [1.54, 1.807) is 6.20 Å². The van der Waals surface area contributed by atoms with Crippen molar-refractivity contribution < 1.29 is 18.8 Å². The Labute approximate surface area is 337 Å². The summed E-state index contributed by atoms with van der Waals surface area (Å²) in [5, 5.41) is 9.75. The minimum atomic E-state index is -0.691. The summed E-state index contributed by atoms with van der Waals surface area (Å²) < 4.78 is 14.9. The molecule has 0 bridgehead atoms. The number of rotatable bonds is 4. The summed E-state index contributed by atoms with van der Waals surface area (Å²) in [7, 11) is 0. The zero-order valence-electron chi connectivity index (χ0n) is 31.5. The molecule has 3 amide bonds. The highest BCUT2D eigenvalue weighted by Crippen LogP contribution is 2.47. The van der Waals surface area contributed by atoms with Crippen LogP contribution in [0.5, 0.6) is 0 Å². The van der Waals surface area contributed by atoms with Gasteiger partial charge in [-0.3, -0.25) is 19.4 Å². The van der Waals surface area contributed by atoms with Gasteiger partial charge in [0, 0.05) is 71.6 Å². The maximum absolute atomic E-state index is 14.9. The first-order chi connectivity index (χ1) is 28.1. The van der Waals surface area contributed by atoms with Gasteiger partial charge in [0.05, 0.1) is 39.3 Å². The number of benzene rings is 1. The van der Waals surface area contributed by atoms with Crippen LogP contribution in [0, 0.1) is 5.95 Å². The van der Waals surface area contributed by atoms with E-state index >= 15 is 0 Å². The van der Waals surface area contributed by atoms with E-state index in [2.05, 4.69) is 40.9 Å². The molecule has 2 spiro atoms. The fraction of sp³-hybridized carbons (Fsp3) is 0.289. The molecule has 5 aromatic heterocycles. The van der Waals surface area contributed by atoms with Crippen molar-refractivity contribution in [3.8, 4) is 33.8 Å². The molecule has 7 heterocycles. The van der Waals surface area contributed by atoms with Gasteiger partial charge in [-0.05, 0) is 97.4 Å². The Balaban J connectivity index is 0.000000154. The molecule has 6 aromatic rings. The summed E-state index contributed by atoms with van der Waals surface area (Å²) in [4.78, 5) is 57.8. The number of nitrogens with zero attached hydrogens (tertiary/aromatic N) is 3. The van der Waals surface area contributed by atoms with Crippen LogP contribution >= 0.6 is 11.6 Å². The van der Waals surface area contributed by atoms with Crippen molar-refractivity contribution in [2.75, 3.05) is 0 Å². The molecule has 5 N–H and O–H groups in total. The van der Waals surface area contributed by atoms with E-state index in [-0.39, 0.29) is 39.9 Å². The van der Waals surface area contributed by atoms with Crippen LogP contribution in [0.15, 0.2) is 67.1 Å². The minimum absolute atomic E-state index is 0.00144. The number of nitrogens with one attached hydrogen (secondary N) is 5. The lowest BCUT2D eigenvalue weighted by Gasteiger charge is -2.24. The summed E-state index contributed by atoms with van der Waals surface area (Å²) in [5.74, 6) is -0.938. The van der Waals surface area contributed by atoms with Gasteiger partial charge in [-0.2, -0.15) is 4.39 Å². The number of amides is 3.